The maximum Gasteiger partial charge on any atom is 0.0471 e. The minimum absolute atomic E-state index is 0.371. The molecule has 2 fully saturated rings. The maximum atomic E-state index is 9.04. The zero-order chi connectivity index (χ0) is 8.39. The van der Waals surface area contributed by atoms with Crippen LogP contribution in [0, 0.1) is 11.8 Å². The van der Waals surface area contributed by atoms with Gasteiger partial charge in [-0.25, -0.2) is 0 Å². The van der Waals surface area contributed by atoms with Gasteiger partial charge in [-0.15, -0.1) is 0 Å². The Morgan fingerprint density at radius 2 is 2.08 bits per heavy atom. The zero-order valence-corrected chi connectivity index (χ0v) is 7.63. The van der Waals surface area contributed by atoms with Crippen LogP contribution >= 0.6 is 0 Å². The minimum Gasteiger partial charge on any atom is -0.396 e. The Bertz CT molecular complexity index is 149. The average Bonchev–Trinajstić information content (AvgIpc) is 2.17. The SMILES string of the molecule is OCC1CN[C@H]2CCCC[C@H]2C1. The molecule has 2 rings (SSSR count). The standard InChI is InChI=1S/C10H19NO/c12-7-8-5-9-3-1-2-4-10(9)11-6-8/h8-12H,1-7H2/t8?,9-,10-/m0/s1. The summed E-state index contributed by atoms with van der Waals surface area (Å²) in [5, 5.41) is 12.6. The van der Waals surface area contributed by atoms with Crippen LogP contribution in [0.3, 0.4) is 0 Å². The summed E-state index contributed by atoms with van der Waals surface area (Å²) in [6, 6.07) is 0.779. The van der Waals surface area contributed by atoms with Crippen molar-refractivity contribution in [2.24, 2.45) is 11.8 Å². The second kappa shape index (κ2) is 3.75. The van der Waals surface area contributed by atoms with Gasteiger partial charge in [0.15, 0.2) is 0 Å². The lowest BCUT2D eigenvalue weighted by atomic mass is 9.76. The number of piperidine rings is 1. The normalized spacial score (nSPS) is 42.2. The molecule has 1 heterocycles. The molecule has 0 radical (unpaired) electrons. The largest absolute Gasteiger partial charge is 0.396 e. The predicted molar refractivity (Wildman–Crippen MR) is 48.9 cm³/mol. The topological polar surface area (TPSA) is 32.3 Å². The maximum absolute atomic E-state index is 9.04. The number of hydrogen-bond donors (Lipinski definition) is 2. The van der Waals surface area contributed by atoms with Gasteiger partial charge in [-0.1, -0.05) is 12.8 Å². The molecule has 0 aromatic heterocycles. The summed E-state index contributed by atoms with van der Waals surface area (Å²) in [4.78, 5) is 0. The van der Waals surface area contributed by atoms with E-state index in [1.807, 2.05) is 0 Å². The van der Waals surface area contributed by atoms with E-state index in [4.69, 9.17) is 5.11 Å². The van der Waals surface area contributed by atoms with Crippen LogP contribution in [0.4, 0.5) is 0 Å². The van der Waals surface area contributed by atoms with Crippen LogP contribution in [-0.2, 0) is 0 Å². The fraction of sp³-hybridized carbons (Fsp3) is 1.00. The van der Waals surface area contributed by atoms with Gasteiger partial charge in [-0.05, 0) is 31.1 Å². The van der Waals surface area contributed by atoms with Crippen LogP contribution in [-0.4, -0.2) is 24.3 Å². The molecule has 2 nitrogen and oxygen atoms in total. The first-order valence-electron chi connectivity index (χ1n) is 5.24. The zero-order valence-electron chi connectivity index (χ0n) is 7.63. The fourth-order valence-corrected chi connectivity index (χ4v) is 2.73. The quantitative estimate of drug-likeness (QED) is 0.617. The van der Waals surface area contributed by atoms with E-state index in [9.17, 15) is 0 Å². The molecule has 0 aromatic carbocycles. The third-order valence-electron chi connectivity index (χ3n) is 3.47. The molecule has 3 atom stereocenters. The van der Waals surface area contributed by atoms with Crippen molar-refractivity contribution in [2.75, 3.05) is 13.2 Å². The number of hydrogen-bond acceptors (Lipinski definition) is 2. The Kier molecular flexibility index (Phi) is 2.66. The average molecular weight is 169 g/mol. The van der Waals surface area contributed by atoms with E-state index in [1.165, 1.54) is 32.1 Å². The van der Waals surface area contributed by atoms with Gasteiger partial charge >= 0.3 is 0 Å². The van der Waals surface area contributed by atoms with Crippen LogP contribution in [0.25, 0.3) is 0 Å². The van der Waals surface area contributed by atoms with Crippen molar-refractivity contribution in [3.05, 3.63) is 0 Å². The van der Waals surface area contributed by atoms with E-state index in [0.717, 1.165) is 18.5 Å². The van der Waals surface area contributed by atoms with E-state index in [-0.39, 0.29) is 0 Å². The first kappa shape index (κ1) is 8.52. The van der Waals surface area contributed by atoms with E-state index in [1.54, 1.807) is 0 Å². The molecular weight excluding hydrogens is 150 g/mol. The number of nitrogens with one attached hydrogen (secondary N) is 1. The summed E-state index contributed by atoms with van der Waals surface area (Å²) in [5.41, 5.74) is 0. The molecule has 1 aliphatic heterocycles. The predicted octanol–water partition coefficient (Wildman–Crippen LogP) is 1.15. The first-order valence-corrected chi connectivity index (χ1v) is 5.24. The molecule has 0 spiro atoms. The third kappa shape index (κ3) is 1.64. The summed E-state index contributed by atoms with van der Waals surface area (Å²) < 4.78 is 0. The molecule has 12 heavy (non-hydrogen) atoms. The Morgan fingerprint density at radius 3 is 2.92 bits per heavy atom. The van der Waals surface area contributed by atoms with Gasteiger partial charge in [-0.3, -0.25) is 0 Å². The van der Waals surface area contributed by atoms with Crippen LogP contribution in [0.1, 0.15) is 32.1 Å². The lowest BCUT2D eigenvalue weighted by Gasteiger charge is -2.39. The highest BCUT2D eigenvalue weighted by molar-refractivity contribution is 4.87. The van der Waals surface area contributed by atoms with Gasteiger partial charge in [0.05, 0.1) is 0 Å². The number of fused-ring (bicyclic) bond motifs is 1. The molecule has 1 unspecified atom stereocenters. The van der Waals surface area contributed by atoms with Gasteiger partial charge in [0.2, 0.25) is 0 Å². The summed E-state index contributed by atoms with van der Waals surface area (Å²) in [6.07, 6.45) is 6.81. The molecule has 2 aliphatic rings. The molecule has 0 aromatic rings. The van der Waals surface area contributed by atoms with Crippen molar-refractivity contribution >= 4 is 0 Å². The van der Waals surface area contributed by atoms with Gasteiger partial charge in [-0.2, -0.15) is 0 Å². The van der Waals surface area contributed by atoms with Gasteiger partial charge < -0.3 is 10.4 Å². The van der Waals surface area contributed by atoms with Crippen molar-refractivity contribution in [1.82, 2.24) is 5.32 Å². The van der Waals surface area contributed by atoms with Crippen molar-refractivity contribution in [1.29, 1.82) is 0 Å². The van der Waals surface area contributed by atoms with E-state index in [0.29, 0.717) is 12.5 Å². The van der Waals surface area contributed by atoms with Crippen molar-refractivity contribution in [3.8, 4) is 0 Å². The Balaban J connectivity index is 1.90. The highest BCUT2D eigenvalue weighted by Crippen LogP contribution is 2.32. The fourth-order valence-electron chi connectivity index (χ4n) is 2.73. The smallest absolute Gasteiger partial charge is 0.0471 e. The molecule has 1 saturated heterocycles. The summed E-state index contributed by atoms with van der Waals surface area (Å²) in [6.45, 7) is 1.41. The van der Waals surface area contributed by atoms with Gasteiger partial charge in [0.25, 0.3) is 0 Å². The van der Waals surface area contributed by atoms with E-state index < -0.39 is 0 Å². The minimum atomic E-state index is 0.371. The molecular formula is C10H19NO. The Hall–Kier alpha value is -0.0800. The van der Waals surface area contributed by atoms with E-state index >= 15 is 0 Å². The molecule has 0 amide bonds. The van der Waals surface area contributed by atoms with Crippen LogP contribution in [0.15, 0.2) is 0 Å². The summed E-state index contributed by atoms with van der Waals surface area (Å²) in [5.74, 6) is 1.40. The highest BCUT2D eigenvalue weighted by Gasteiger charge is 2.31. The lowest BCUT2D eigenvalue weighted by Crippen LogP contribution is -2.47. The molecule has 70 valence electrons. The van der Waals surface area contributed by atoms with Crippen LogP contribution in [0.5, 0.6) is 0 Å². The number of aliphatic hydroxyl groups excluding tert-OH is 1. The number of aliphatic hydroxyl groups is 1. The second-order valence-corrected chi connectivity index (χ2v) is 4.34. The second-order valence-electron chi connectivity index (χ2n) is 4.34. The van der Waals surface area contributed by atoms with Gasteiger partial charge in [0, 0.05) is 19.2 Å². The molecule has 1 saturated carbocycles. The van der Waals surface area contributed by atoms with Crippen LogP contribution < -0.4 is 5.32 Å². The molecule has 0 bridgehead atoms. The molecule has 1 aliphatic carbocycles. The highest BCUT2D eigenvalue weighted by atomic mass is 16.3. The lowest BCUT2D eigenvalue weighted by molar-refractivity contribution is 0.120. The third-order valence-corrected chi connectivity index (χ3v) is 3.47. The monoisotopic (exact) mass is 169 g/mol. The van der Waals surface area contributed by atoms with Crippen molar-refractivity contribution in [3.63, 3.8) is 0 Å². The van der Waals surface area contributed by atoms with E-state index in [2.05, 4.69) is 5.32 Å². The molecule has 2 N–H and O–H groups in total. The Morgan fingerprint density at radius 1 is 1.25 bits per heavy atom. The first-order chi connectivity index (χ1) is 5.90. The number of rotatable bonds is 1. The summed E-state index contributed by atoms with van der Waals surface area (Å²) in [7, 11) is 0. The Labute approximate surface area is 74.4 Å². The molecule has 2 heteroatoms. The van der Waals surface area contributed by atoms with Crippen LogP contribution in [0.2, 0.25) is 0 Å². The van der Waals surface area contributed by atoms with Crippen molar-refractivity contribution in [2.45, 2.75) is 38.1 Å². The van der Waals surface area contributed by atoms with Gasteiger partial charge in [0.1, 0.15) is 0 Å². The summed E-state index contributed by atoms with van der Waals surface area (Å²) >= 11 is 0. The van der Waals surface area contributed by atoms with Crippen molar-refractivity contribution < 1.29 is 5.11 Å².